The van der Waals surface area contributed by atoms with Gasteiger partial charge in [-0.25, -0.2) is 0 Å². The van der Waals surface area contributed by atoms with E-state index in [1.807, 2.05) is 60.7 Å². The fourth-order valence-corrected chi connectivity index (χ4v) is 11.1. The lowest BCUT2D eigenvalue weighted by Gasteiger charge is -2.43. The summed E-state index contributed by atoms with van der Waals surface area (Å²) in [5.41, 5.74) is -4.11. The molecule has 224 valence electrons. The SMILES string of the molecule is COC(=O)C1(C(=O)OC)CC1(CCO[Si](c1ccccc1)(c1ccccc1)C(C)(C)C)c1ccc(Cl)c(C(F)(F)F)c1. The van der Waals surface area contributed by atoms with E-state index in [1.165, 1.54) is 6.07 Å². The molecule has 4 rings (SSSR count). The van der Waals surface area contributed by atoms with Gasteiger partial charge in [0.15, 0.2) is 5.41 Å². The fourth-order valence-electron chi connectivity index (χ4n) is 6.35. The molecule has 0 radical (unpaired) electrons. The van der Waals surface area contributed by atoms with Crippen LogP contribution >= 0.6 is 11.6 Å². The van der Waals surface area contributed by atoms with Gasteiger partial charge in [-0.05, 0) is 45.9 Å². The Kier molecular flexibility index (Phi) is 8.71. The van der Waals surface area contributed by atoms with Gasteiger partial charge in [-0.1, -0.05) is 99.1 Å². The Balaban J connectivity index is 1.84. The summed E-state index contributed by atoms with van der Waals surface area (Å²) in [7, 11) is -0.749. The molecule has 1 aliphatic rings. The Bertz CT molecular complexity index is 1380. The van der Waals surface area contributed by atoms with Crippen molar-refractivity contribution >= 4 is 42.2 Å². The first-order valence-corrected chi connectivity index (χ1v) is 15.8. The van der Waals surface area contributed by atoms with Crippen LogP contribution in [0.4, 0.5) is 13.2 Å². The largest absolute Gasteiger partial charge is 0.468 e. The molecule has 0 aliphatic heterocycles. The zero-order valence-electron chi connectivity index (χ0n) is 24.2. The van der Waals surface area contributed by atoms with Crippen molar-refractivity contribution in [1.82, 2.24) is 0 Å². The average Bonchev–Trinajstić information content (AvgIpc) is 3.65. The van der Waals surface area contributed by atoms with Crippen LogP contribution in [0.1, 0.15) is 44.7 Å². The maximum absolute atomic E-state index is 13.9. The molecule has 0 spiro atoms. The minimum Gasteiger partial charge on any atom is -0.468 e. The van der Waals surface area contributed by atoms with Gasteiger partial charge in [-0.15, -0.1) is 0 Å². The van der Waals surface area contributed by atoms with E-state index in [0.29, 0.717) is 0 Å². The minimum atomic E-state index is -4.74. The van der Waals surface area contributed by atoms with Gasteiger partial charge in [-0.3, -0.25) is 9.59 Å². The highest BCUT2D eigenvalue weighted by Crippen LogP contribution is 2.68. The lowest BCUT2D eigenvalue weighted by Crippen LogP contribution is -2.66. The molecule has 0 saturated heterocycles. The summed E-state index contributed by atoms with van der Waals surface area (Å²) < 4.78 is 58.8. The number of benzene rings is 3. The smallest absolute Gasteiger partial charge is 0.417 e. The number of hydrogen-bond acceptors (Lipinski definition) is 5. The summed E-state index contributed by atoms with van der Waals surface area (Å²) in [6.45, 7) is 6.36. The number of halogens is 4. The van der Waals surface area contributed by atoms with Crippen LogP contribution < -0.4 is 10.4 Å². The lowest BCUT2D eigenvalue weighted by molar-refractivity contribution is -0.162. The highest BCUT2D eigenvalue weighted by molar-refractivity contribution is 6.99. The van der Waals surface area contributed by atoms with Crippen molar-refractivity contribution in [3.05, 3.63) is 95.0 Å². The van der Waals surface area contributed by atoms with E-state index in [9.17, 15) is 22.8 Å². The molecule has 1 fully saturated rings. The normalized spacial score (nSPS) is 18.3. The number of rotatable bonds is 9. The summed E-state index contributed by atoms with van der Waals surface area (Å²) in [6, 6.07) is 23.2. The van der Waals surface area contributed by atoms with Crippen molar-refractivity contribution in [3.63, 3.8) is 0 Å². The van der Waals surface area contributed by atoms with Gasteiger partial charge in [0.05, 0.1) is 24.8 Å². The number of esters is 2. The van der Waals surface area contributed by atoms with E-state index in [-0.39, 0.29) is 30.1 Å². The van der Waals surface area contributed by atoms with Crippen molar-refractivity contribution in [2.75, 3.05) is 20.8 Å². The number of alkyl halides is 3. The molecular weight excluding hydrogens is 585 g/mol. The molecule has 0 heterocycles. The van der Waals surface area contributed by atoms with Crippen molar-refractivity contribution in [1.29, 1.82) is 0 Å². The molecule has 0 bridgehead atoms. The summed E-state index contributed by atoms with van der Waals surface area (Å²) in [4.78, 5) is 26.4. The van der Waals surface area contributed by atoms with E-state index in [0.717, 1.165) is 36.7 Å². The van der Waals surface area contributed by atoms with Crippen molar-refractivity contribution in [2.24, 2.45) is 5.41 Å². The molecule has 10 heteroatoms. The number of hydrogen-bond donors (Lipinski definition) is 0. The Hall–Kier alpha value is -3.14. The van der Waals surface area contributed by atoms with Crippen LogP contribution in [0.3, 0.4) is 0 Å². The topological polar surface area (TPSA) is 61.8 Å². The van der Waals surface area contributed by atoms with E-state index >= 15 is 0 Å². The van der Waals surface area contributed by atoms with Crippen LogP contribution in [0.15, 0.2) is 78.9 Å². The van der Waals surface area contributed by atoms with Crippen molar-refractivity contribution in [3.8, 4) is 0 Å². The second-order valence-electron chi connectivity index (χ2n) is 11.6. The van der Waals surface area contributed by atoms with Crippen LogP contribution in [-0.4, -0.2) is 41.1 Å². The van der Waals surface area contributed by atoms with Crippen LogP contribution in [0.2, 0.25) is 10.1 Å². The zero-order chi connectivity index (χ0) is 31.0. The number of methoxy groups -OCH3 is 2. The quantitative estimate of drug-likeness (QED) is 0.160. The minimum absolute atomic E-state index is 0.0486. The van der Waals surface area contributed by atoms with Gasteiger partial charge in [-0.2, -0.15) is 13.2 Å². The van der Waals surface area contributed by atoms with Gasteiger partial charge < -0.3 is 13.9 Å². The zero-order valence-corrected chi connectivity index (χ0v) is 25.9. The number of carbonyl (C=O) groups is 2. The van der Waals surface area contributed by atoms with Crippen molar-refractivity contribution < 1.29 is 36.7 Å². The van der Waals surface area contributed by atoms with E-state index < -0.39 is 47.8 Å². The number of ether oxygens (including phenoxy) is 2. The predicted octanol–water partition coefficient (Wildman–Crippen LogP) is 6.30. The second kappa shape index (κ2) is 11.5. The van der Waals surface area contributed by atoms with Crippen LogP contribution in [0.5, 0.6) is 0 Å². The van der Waals surface area contributed by atoms with Crippen LogP contribution in [0, 0.1) is 5.41 Å². The molecular formula is C32H34ClF3O5Si. The van der Waals surface area contributed by atoms with E-state index in [1.54, 1.807) is 0 Å². The lowest BCUT2D eigenvalue weighted by atomic mass is 9.82. The molecule has 0 N–H and O–H groups in total. The summed E-state index contributed by atoms with van der Waals surface area (Å²) in [6.07, 6.45) is -4.78. The first-order valence-electron chi connectivity index (χ1n) is 13.5. The molecule has 0 amide bonds. The molecule has 1 aliphatic carbocycles. The summed E-state index contributed by atoms with van der Waals surface area (Å²) in [5.74, 6) is -1.74. The Morgan fingerprint density at radius 3 is 1.79 bits per heavy atom. The van der Waals surface area contributed by atoms with Gasteiger partial charge in [0.1, 0.15) is 0 Å². The monoisotopic (exact) mass is 618 g/mol. The molecule has 0 aromatic heterocycles. The first-order chi connectivity index (χ1) is 19.7. The van der Waals surface area contributed by atoms with Crippen LogP contribution in [0.25, 0.3) is 0 Å². The highest BCUT2D eigenvalue weighted by Gasteiger charge is 2.78. The second-order valence-corrected chi connectivity index (χ2v) is 16.3. The maximum atomic E-state index is 13.9. The molecule has 3 aromatic rings. The van der Waals surface area contributed by atoms with Gasteiger partial charge >= 0.3 is 18.1 Å². The van der Waals surface area contributed by atoms with Gasteiger partial charge in [0.2, 0.25) is 0 Å². The number of carbonyl (C=O) groups excluding carboxylic acids is 2. The van der Waals surface area contributed by atoms with Gasteiger partial charge in [0, 0.05) is 12.0 Å². The van der Waals surface area contributed by atoms with E-state index in [2.05, 4.69) is 20.8 Å². The standard InChI is InChI=1S/C32H34ClF3O5Si/c1-29(2,3)42(23-12-8-6-9-13-23,24-14-10-7-11-15-24)41-19-18-30(21-31(30,27(37)39-4)28(38)40-5)22-16-17-26(33)25(20-22)32(34,35)36/h6-17,20H,18-19,21H2,1-5H3. The molecule has 42 heavy (non-hydrogen) atoms. The molecule has 5 nitrogen and oxygen atoms in total. The molecule has 3 aromatic carbocycles. The van der Waals surface area contributed by atoms with E-state index in [4.69, 9.17) is 25.5 Å². The van der Waals surface area contributed by atoms with Crippen molar-refractivity contribution in [2.45, 2.75) is 50.2 Å². The summed E-state index contributed by atoms with van der Waals surface area (Å²) >= 11 is 5.93. The summed E-state index contributed by atoms with van der Waals surface area (Å²) in [5, 5.41) is 1.20. The predicted molar refractivity (Wildman–Crippen MR) is 157 cm³/mol. The Morgan fingerprint density at radius 2 is 1.36 bits per heavy atom. The van der Waals surface area contributed by atoms with Crippen LogP contribution in [-0.2, 0) is 35.1 Å². The highest BCUT2D eigenvalue weighted by atomic mass is 35.5. The molecule has 1 saturated carbocycles. The third kappa shape index (κ3) is 5.16. The Morgan fingerprint density at radius 1 is 0.857 bits per heavy atom. The Labute approximate surface area is 250 Å². The maximum Gasteiger partial charge on any atom is 0.417 e. The molecule has 1 unspecified atom stereocenters. The van der Waals surface area contributed by atoms with Gasteiger partial charge in [0.25, 0.3) is 8.32 Å². The molecule has 1 atom stereocenters. The first kappa shape index (κ1) is 31.8. The fraction of sp³-hybridized carbons (Fsp3) is 0.375. The third-order valence-electron chi connectivity index (χ3n) is 8.42. The third-order valence-corrected chi connectivity index (χ3v) is 13.8. The average molecular weight is 619 g/mol.